The van der Waals surface area contributed by atoms with E-state index in [0.29, 0.717) is 29.7 Å². The van der Waals surface area contributed by atoms with Crippen LogP contribution in [-0.4, -0.2) is 38.2 Å². The molecule has 2 aromatic heterocycles. The number of piperidine rings is 1. The number of pyridine rings is 1. The van der Waals surface area contributed by atoms with E-state index in [1.165, 1.54) is 24.3 Å². The Morgan fingerprint density at radius 1 is 0.939 bits per heavy atom. The van der Waals surface area contributed by atoms with Gasteiger partial charge in [0.1, 0.15) is 23.1 Å². The molecular weight excluding hydrogens is 625 g/mol. The lowest BCUT2D eigenvalue weighted by Gasteiger charge is -2.46. The van der Waals surface area contributed by atoms with Crippen molar-refractivity contribution in [3.8, 4) is 16.9 Å². The first-order chi connectivity index (χ1) is 23.2. The van der Waals surface area contributed by atoms with Crippen molar-refractivity contribution >= 4 is 22.7 Å². The molecule has 3 aromatic carbocycles. The highest BCUT2D eigenvalue weighted by molar-refractivity contribution is 5.93. The van der Waals surface area contributed by atoms with Gasteiger partial charge in [0, 0.05) is 46.4 Å². The van der Waals surface area contributed by atoms with Crippen LogP contribution >= 0.6 is 0 Å². The van der Waals surface area contributed by atoms with Crippen LogP contribution in [0, 0.1) is 24.4 Å². The van der Waals surface area contributed by atoms with Gasteiger partial charge in [-0.25, -0.2) is 18.2 Å². The van der Waals surface area contributed by atoms with E-state index in [4.69, 9.17) is 9.97 Å². The van der Waals surface area contributed by atoms with Crippen LogP contribution in [0.25, 0.3) is 33.7 Å². The molecule has 10 heteroatoms. The summed E-state index contributed by atoms with van der Waals surface area (Å²) in [4.78, 5) is 23.2. The van der Waals surface area contributed by atoms with E-state index in [1.807, 2.05) is 25.1 Å². The lowest BCUT2D eigenvalue weighted by Crippen LogP contribution is -2.60. The van der Waals surface area contributed by atoms with Gasteiger partial charge in [-0.2, -0.15) is 4.98 Å². The molecule has 5 aromatic rings. The molecule has 1 saturated heterocycles. The number of hydrogen-bond acceptors (Lipinski definition) is 6. The number of benzene rings is 3. The number of nitrogens with one attached hydrogen (secondary N) is 3. The number of nitrogens with zero attached hydrogens (tertiary/aromatic N) is 3. The number of rotatable bonds is 9. The van der Waals surface area contributed by atoms with Gasteiger partial charge in [-0.05, 0) is 107 Å². The number of fused-ring (bicyclic) bond motifs is 1. The van der Waals surface area contributed by atoms with Crippen molar-refractivity contribution in [2.45, 2.75) is 71.0 Å². The number of aryl methyl sites for hydroxylation is 1. The first-order valence-corrected chi connectivity index (χ1v) is 16.4. The second kappa shape index (κ2) is 13.2. The summed E-state index contributed by atoms with van der Waals surface area (Å²) in [5, 5.41) is 11.0. The van der Waals surface area contributed by atoms with Gasteiger partial charge in [0.25, 0.3) is 5.56 Å². The molecule has 6 rings (SSSR count). The molecule has 3 N–H and O–H groups in total. The Hall–Kier alpha value is -4.96. The minimum atomic E-state index is -0.882. The van der Waals surface area contributed by atoms with Crippen molar-refractivity contribution < 1.29 is 13.2 Å². The highest BCUT2D eigenvalue weighted by atomic mass is 19.1. The quantitative estimate of drug-likeness (QED) is 0.150. The van der Waals surface area contributed by atoms with Gasteiger partial charge in [-0.3, -0.25) is 9.36 Å². The maximum Gasteiger partial charge on any atom is 0.256 e. The van der Waals surface area contributed by atoms with Crippen molar-refractivity contribution in [1.29, 1.82) is 0 Å². The zero-order chi connectivity index (χ0) is 35.1. The maximum atomic E-state index is 15.2. The predicted octanol–water partition coefficient (Wildman–Crippen LogP) is 7.70. The molecule has 0 saturated carbocycles. The van der Waals surface area contributed by atoms with Crippen LogP contribution < -0.4 is 21.5 Å². The lowest BCUT2D eigenvalue weighted by molar-refractivity contribution is 0.170. The highest BCUT2D eigenvalue weighted by Crippen LogP contribution is 2.34. The van der Waals surface area contributed by atoms with Crippen LogP contribution in [0.2, 0.25) is 0 Å². The predicted molar refractivity (Wildman–Crippen MR) is 190 cm³/mol. The van der Waals surface area contributed by atoms with Crippen molar-refractivity contribution in [2.24, 2.45) is 0 Å². The molecule has 0 atom stereocenters. The molecule has 254 valence electrons. The van der Waals surface area contributed by atoms with Crippen LogP contribution in [0.1, 0.15) is 57.2 Å². The number of anilines is 1. The first-order valence-electron chi connectivity index (χ1n) is 16.4. The van der Waals surface area contributed by atoms with Crippen molar-refractivity contribution in [3.63, 3.8) is 0 Å². The fourth-order valence-corrected chi connectivity index (χ4v) is 7.09. The van der Waals surface area contributed by atoms with Crippen LogP contribution in [0.5, 0.6) is 0 Å². The molecule has 49 heavy (non-hydrogen) atoms. The van der Waals surface area contributed by atoms with Gasteiger partial charge in [-0.1, -0.05) is 36.9 Å². The topological polar surface area (TPSA) is 83.9 Å². The average molecular weight is 667 g/mol. The highest BCUT2D eigenvalue weighted by Gasteiger charge is 2.38. The third kappa shape index (κ3) is 7.39. The number of hydrogen-bond donors (Lipinski definition) is 3. The second-order valence-corrected chi connectivity index (χ2v) is 14.2. The average Bonchev–Trinajstić information content (AvgIpc) is 3.01. The Morgan fingerprint density at radius 2 is 1.61 bits per heavy atom. The summed E-state index contributed by atoms with van der Waals surface area (Å²) in [5.41, 5.74) is 3.26. The third-order valence-corrected chi connectivity index (χ3v) is 8.94. The van der Waals surface area contributed by atoms with E-state index in [-0.39, 0.29) is 34.5 Å². The smallest absolute Gasteiger partial charge is 0.256 e. The van der Waals surface area contributed by atoms with Gasteiger partial charge in [0.05, 0.1) is 5.69 Å². The van der Waals surface area contributed by atoms with E-state index in [0.717, 1.165) is 51.8 Å². The molecule has 1 aliphatic heterocycles. The van der Waals surface area contributed by atoms with E-state index in [2.05, 4.69) is 50.2 Å². The first kappa shape index (κ1) is 33.9. The zero-order valence-corrected chi connectivity index (χ0v) is 28.4. The zero-order valence-electron chi connectivity index (χ0n) is 28.4. The van der Waals surface area contributed by atoms with E-state index in [1.54, 1.807) is 18.2 Å². The lowest BCUT2D eigenvalue weighted by atomic mass is 9.80. The molecule has 0 radical (unpaired) electrons. The van der Waals surface area contributed by atoms with E-state index >= 15 is 8.78 Å². The summed E-state index contributed by atoms with van der Waals surface area (Å²) < 4.78 is 44.8. The number of halogens is 3. The second-order valence-electron chi connectivity index (χ2n) is 14.2. The van der Waals surface area contributed by atoms with Gasteiger partial charge in [0.15, 0.2) is 5.65 Å². The van der Waals surface area contributed by atoms with Gasteiger partial charge in [-0.15, -0.1) is 0 Å². The Morgan fingerprint density at radius 3 is 2.29 bits per heavy atom. The fraction of sp³-hybridized carbons (Fsp3) is 0.308. The fourth-order valence-electron chi connectivity index (χ4n) is 7.09. The summed E-state index contributed by atoms with van der Waals surface area (Å²) in [7, 11) is 0. The molecule has 0 amide bonds. The summed E-state index contributed by atoms with van der Waals surface area (Å²) in [6.45, 7) is 15.4. The molecule has 7 nitrogen and oxygen atoms in total. The van der Waals surface area contributed by atoms with Gasteiger partial charge >= 0.3 is 0 Å². The summed E-state index contributed by atoms with van der Waals surface area (Å²) in [6.07, 6.45) is 2.22. The van der Waals surface area contributed by atoms with Crippen LogP contribution in [-0.2, 0) is 6.42 Å². The Kier molecular flexibility index (Phi) is 9.11. The standard InChI is InChI=1S/C39H41F3N6O/c1-23-10-13-26(24(2)43-19-18-25-11-14-27(40)15-12-25)20-30(23)34-29-16-17-33(49)48(35-31(41)8-7-9-32(35)42)36(29)46-37(45-34)44-28-21-38(3,4)47-39(5,6)22-28/h7-17,20,28,43,47H,2,18-19,21-22H2,1,3-6H3,(H,44,45,46). The van der Waals surface area contributed by atoms with E-state index in [9.17, 15) is 9.18 Å². The third-order valence-electron chi connectivity index (χ3n) is 8.94. The molecule has 0 bridgehead atoms. The summed E-state index contributed by atoms with van der Waals surface area (Å²) in [5.74, 6) is -1.79. The molecule has 1 aliphatic rings. The SMILES string of the molecule is C=C(NCCc1ccc(F)cc1)c1ccc(C)c(-c2nc(NC3CC(C)(C)NC(C)(C)C3)nc3c2ccc(=O)n3-c2c(F)cccc2F)c1. The number of aromatic nitrogens is 3. The molecule has 3 heterocycles. The molecular formula is C39H41F3N6O. The van der Waals surface area contributed by atoms with Crippen LogP contribution in [0.15, 0.2) is 84.2 Å². The van der Waals surface area contributed by atoms with Crippen LogP contribution in [0.3, 0.4) is 0 Å². The Balaban J connectivity index is 1.45. The minimum absolute atomic E-state index is 0.0249. The maximum absolute atomic E-state index is 15.2. The molecule has 0 unspecified atom stereocenters. The Bertz CT molecular complexity index is 2070. The summed E-state index contributed by atoms with van der Waals surface area (Å²) >= 11 is 0. The van der Waals surface area contributed by atoms with E-state index < -0.39 is 22.9 Å². The van der Waals surface area contributed by atoms with Gasteiger partial charge in [0.2, 0.25) is 5.95 Å². The largest absolute Gasteiger partial charge is 0.385 e. The minimum Gasteiger partial charge on any atom is -0.385 e. The van der Waals surface area contributed by atoms with Crippen molar-refractivity contribution in [3.05, 3.63) is 124 Å². The monoisotopic (exact) mass is 666 g/mol. The van der Waals surface area contributed by atoms with Crippen molar-refractivity contribution in [2.75, 3.05) is 11.9 Å². The number of para-hydroxylation sites is 1. The Labute approximate surface area is 284 Å². The van der Waals surface area contributed by atoms with Gasteiger partial charge < -0.3 is 16.0 Å². The molecule has 0 spiro atoms. The normalized spacial score (nSPS) is 15.7. The molecule has 0 aliphatic carbocycles. The molecule has 1 fully saturated rings. The van der Waals surface area contributed by atoms with Crippen LogP contribution in [0.4, 0.5) is 19.1 Å². The van der Waals surface area contributed by atoms with Crippen molar-refractivity contribution in [1.82, 2.24) is 25.2 Å². The summed E-state index contributed by atoms with van der Waals surface area (Å²) in [6, 6.07) is 18.6.